The van der Waals surface area contributed by atoms with Gasteiger partial charge in [0.1, 0.15) is 0 Å². The fraction of sp³-hybridized carbons (Fsp3) is 0.267. The Balaban J connectivity index is 2.07. The second-order valence-electron chi connectivity index (χ2n) is 4.62. The summed E-state index contributed by atoms with van der Waals surface area (Å²) in [5.41, 5.74) is 2.13. The van der Waals surface area contributed by atoms with Crippen LogP contribution in [0.3, 0.4) is 0 Å². The molecule has 0 fully saturated rings. The summed E-state index contributed by atoms with van der Waals surface area (Å²) in [6.07, 6.45) is 2.93. The van der Waals surface area contributed by atoms with Gasteiger partial charge in [-0.25, -0.2) is 4.98 Å². The summed E-state index contributed by atoms with van der Waals surface area (Å²) < 4.78 is 0. The van der Waals surface area contributed by atoms with E-state index in [4.69, 9.17) is 0 Å². The molecule has 0 spiro atoms. The number of rotatable bonds is 5. The van der Waals surface area contributed by atoms with Crippen LogP contribution in [0.25, 0.3) is 0 Å². The van der Waals surface area contributed by atoms with Crippen LogP contribution in [0.2, 0.25) is 0 Å². The maximum atomic E-state index is 12.1. The van der Waals surface area contributed by atoms with Crippen LogP contribution in [0.5, 0.6) is 0 Å². The zero-order chi connectivity index (χ0) is 15.2. The summed E-state index contributed by atoms with van der Waals surface area (Å²) in [7, 11) is 0. The average Bonchev–Trinajstić information content (AvgIpc) is 2.94. The van der Waals surface area contributed by atoms with Crippen molar-refractivity contribution in [3.05, 3.63) is 40.9 Å². The molecule has 21 heavy (non-hydrogen) atoms. The number of aromatic nitrogens is 1. The molecule has 2 N–H and O–H groups in total. The van der Waals surface area contributed by atoms with Crippen LogP contribution in [0, 0.1) is 6.92 Å². The normalized spacial score (nSPS) is 10.2. The van der Waals surface area contributed by atoms with Crippen molar-refractivity contribution in [2.24, 2.45) is 0 Å². The summed E-state index contributed by atoms with van der Waals surface area (Å²) in [4.78, 5) is 27.7. The molecule has 0 aliphatic rings. The summed E-state index contributed by atoms with van der Waals surface area (Å²) >= 11 is 1.37. The molecule has 6 heteroatoms. The van der Waals surface area contributed by atoms with Crippen molar-refractivity contribution in [2.45, 2.75) is 26.7 Å². The fourth-order valence-corrected chi connectivity index (χ4v) is 2.36. The Morgan fingerprint density at radius 3 is 2.71 bits per heavy atom. The van der Waals surface area contributed by atoms with E-state index in [9.17, 15) is 9.59 Å². The first-order chi connectivity index (χ1) is 10.1. The van der Waals surface area contributed by atoms with Crippen LogP contribution in [0.4, 0.5) is 10.8 Å². The van der Waals surface area contributed by atoms with Crippen molar-refractivity contribution in [3.63, 3.8) is 0 Å². The molecule has 0 bridgehead atoms. The summed E-state index contributed by atoms with van der Waals surface area (Å²) in [5.74, 6) is -0.222. The van der Waals surface area contributed by atoms with Gasteiger partial charge in [-0.15, -0.1) is 11.3 Å². The summed E-state index contributed by atoms with van der Waals surface area (Å²) in [6.45, 7) is 3.82. The number of hydrogen-bond acceptors (Lipinski definition) is 4. The van der Waals surface area contributed by atoms with Gasteiger partial charge in [-0.1, -0.05) is 6.92 Å². The number of anilines is 2. The molecule has 0 aliphatic carbocycles. The van der Waals surface area contributed by atoms with Gasteiger partial charge in [0.05, 0.1) is 0 Å². The molecule has 0 atom stereocenters. The average molecular weight is 303 g/mol. The third kappa shape index (κ3) is 4.13. The molecule has 2 aromatic rings. The SMILES string of the molecule is CCCC(=O)Nc1ccc(C(=O)Nc2nccs2)cc1C. The molecule has 1 aromatic carbocycles. The van der Waals surface area contributed by atoms with Gasteiger partial charge in [-0.3, -0.25) is 14.9 Å². The van der Waals surface area contributed by atoms with E-state index in [1.807, 2.05) is 13.8 Å². The van der Waals surface area contributed by atoms with Crippen molar-refractivity contribution in [1.82, 2.24) is 4.98 Å². The largest absolute Gasteiger partial charge is 0.326 e. The molecule has 2 rings (SSSR count). The molecule has 2 amide bonds. The molecule has 0 radical (unpaired) electrons. The summed E-state index contributed by atoms with van der Waals surface area (Å²) in [6, 6.07) is 5.20. The third-order valence-corrected chi connectivity index (χ3v) is 3.58. The number of carbonyl (C=O) groups is 2. The zero-order valence-corrected chi connectivity index (χ0v) is 12.8. The minimum absolute atomic E-state index is 0.0133. The number of amides is 2. The predicted octanol–water partition coefficient (Wildman–Crippen LogP) is 3.44. The molecule has 110 valence electrons. The van der Waals surface area contributed by atoms with E-state index in [2.05, 4.69) is 15.6 Å². The Kier molecular flexibility index (Phi) is 5.05. The number of nitrogens with one attached hydrogen (secondary N) is 2. The lowest BCUT2D eigenvalue weighted by molar-refractivity contribution is -0.116. The van der Waals surface area contributed by atoms with Gasteiger partial charge in [-0.05, 0) is 37.1 Å². The van der Waals surface area contributed by atoms with E-state index in [0.717, 1.165) is 17.7 Å². The van der Waals surface area contributed by atoms with E-state index in [1.54, 1.807) is 29.8 Å². The lowest BCUT2D eigenvalue weighted by Gasteiger charge is -2.09. The van der Waals surface area contributed by atoms with Crippen LogP contribution < -0.4 is 10.6 Å². The molecular weight excluding hydrogens is 286 g/mol. The highest BCUT2D eigenvalue weighted by Gasteiger charge is 2.10. The third-order valence-electron chi connectivity index (χ3n) is 2.89. The minimum atomic E-state index is -0.209. The van der Waals surface area contributed by atoms with E-state index >= 15 is 0 Å². The predicted molar refractivity (Wildman–Crippen MR) is 84.8 cm³/mol. The zero-order valence-electron chi connectivity index (χ0n) is 12.0. The maximum absolute atomic E-state index is 12.1. The number of hydrogen-bond donors (Lipinski definition) is 2. The molecule has 0 aliphatic heterocycles. The molecule has 0 saturated heterocycles. The number of nitrogens with zero attached hydrogens (tertiary/aromatic N) is 1. The van der Waals surface area contributed by atoms with Crippen molar-refractivity contribution in [3.8, 4) is 0 Å². The highest BCUT2D eigenvalue weighted by molar-refractivity contribution is 7.13. The van der Waals surface area contributed by atoms with Crippen molar-refractivity contribution < 1.29 is 9.59 Å². The highest BCUT2D eigenvalue weighted by atomic mass is 32.1. The first-order valence-electron chi connectivity index (χ1n) is 6.71. The molecule has 1 aromatic heterocycles. The van der Waals surface area contributed by atoms with E-state index in [0.29, 0.717) is 17.1 Å². The summed E-state index contributed by atoms with van der Waals surface area (Å²) in [5, 5.41) is 7.94. The van der Waals surface area contributed by atoms with Crippen molar-refractivity contribution >= 4 is 34.0 Å². The van der Waals surface area contributed by atoms with Gasteiger partial charge in [0.15, 0.2) is 5.13 Å². The van der Waals surface area contributed by atoms with Crippen LogP contribution in [-0.4, -0.2) is 16.8 Å². The Bertz CT molecular complexity index is 638. The Morgan fingerprint density at radius 2 is 2.10 bits per heavy atom. The van der Waals surface area contributed by atoms with Crippen LogP contribution in [0.15, 0.2) is 29.8 Å². The van der Waals surface area contributed by atoms with Crippen molar-refractivity contribution in [1.29, 1.82) is 0 Å². The van der Waals surface area contributed by atoms with Gasteiger partial charge in [0, 0.05) is 29.2 Å². The van der Waals surface area contributed by atoms with Gasteiger partial charge < -0.3 is 5.32 Å². The number of thiazole rings is 1. The van der Waals surface area contributed by atoms with Gasteiger partial charge in [0.2, 0.25) is 5.91 Å². The first-order valence-corrected chi connectivity index (χ1v) is 7.59. The highest BCUT2D eigenvalue weighted by Crippen LogP contribution is 2.18. The monoisotopic (exact) mass is 303 g/mol. The molecule has 0 saturated carbocycles. The number of benzene rings is 1. The fourth-order valence-electron chi connectivity index (χ4n) is 1.84. The second kappa shape index (κ2) is 6.99. The van der Waals surface area contributed by atoms with E-state index in [1.165, 1.54) is 11.3 Å². The maximum Gasteiger partial charge on any atom is 0.257 e. The number of carbonyl (C=O) groups excluding carboxylic acids is 2. The smallest absolute Gasteiger partial charge is 0.257 e. The Hall–Kier alpha value is -2.21. The van der Waals surface area contributed by atoms with Gasteiger partial charge in [0.25, 0.3) is 5.91 Å². The van der Waals surface area contributed by atoms with Gasteiger partial charge >= 0.3 is 0 Å². The van der Waals surface area contributed by atoms with Crippen LogP contribution in [-0.2, 0) is 4.79 Å². The topological polar surface area (TPSA) is 71.1 Å². The van der Waals surface area contributed by atoms with Crippen LogP contribution in [0.1, 0.15) is 35.7 Å². The molecule has 0 unspecified atom stereocenters. The Labute approximate surface area is 127 Å². The lowest BCUT2D eigenvalue weighted by Crippen LogP contribution is -2.14. The Morgan fingerprint density at radius 1 is 1.29 bits per heavy atom. The van der Waals surface area contributed by atoms with Gasteiger partial charge in [-0.2, -0.15) is 0 Å². The van der Waals surface area contributed by atoms with Crippen LogP contribution >= 0.6 is 11.3 Å². The standard InChI is InChI=1S/C15H17N3O2S/c1-3-4-13(19)17-12-6-5-11(9-10(12)2)14(20)18-15-16-7-8-21-15/h5-9H,3-4H2,1-2H3,(H,17,19)(H,16,18,20). The molecular formula is C15H17N3O2S. The first kappa shape index (κ1) is 15.2. The lowest BCUT2D eigenvalue weighted by atomic mass is 10.1. The number of aryl methyl sites for hydroxylation is 1. The van der Waals surface area contributed by atoms with E-state index < -0.39 is 0 Å². The molecule has 5 nitrogen and oxygen atoms in total. The second-order valence-corrected chi connectivity index (χ2v) is 5.51. The van der Waals surface area contributed by atoms with Crippen molar-refractivity contribution in [2.75, 3.05) is 10.6 Å². The molecule has 1 heterocycles. The quantitative estimate of drug-likeness (QED) is 0.888. The van der Waals surface area contributed by atoms with E-state index in [-0.39, 0.29) is 11.8 Å². The minimum Gasteiger partial charge on any atom is -0.326 e.